The van der Waals surface area contributed by atoms with E-state index in [1.165, 1.54) is 6.04 Å². The molecule has 0 spiro atoms. The Morgan fingerprint density at radius 1 is 1.14 bits per heavy atom. The Morgan fingerprint density at radius 3 is 2.00 bits per heavy atom. The van der Waals surface area contributed by atoms with Crippen LogP contribution in [0.5, 0.6) is 0 Å². The molecule has 0 radical (unpaired) electrons. The first-order valence-corrected chi connectivity index (χ1v) is 12.4. The largest absolute Gasteiger partial charge is 0.408 e. The summed E-state index contributed by atoms with van der Waals surface area (Å²) in [5.41, 5.74) is -0.224. The summed E-state index contributed by atoms with van der Waals surface area (Å²) in [6, 6.07) is 1.34. The molecule has 0 aliphatic carbocycles. The molecule has 1 fully saturated rings. The molecule has 1 saturated heterocycles. The van der Waals surface area contributed by atoms with Gasteiger partial charge in [0.2, 0.25) is 0 Å². The van der Waals surface area contributed by atoms with Gasteiger partial charge in [-0.2, -0.15) is 0 Å². The Labute approximate surface area is 89.8 Å². The summed E-state index contributed by atoms with van der Waals surface area (Å²) in [4.78, 5) is 0. The second-order valence-corrected chi connectivity index (χ2v) is 20.5. The Kier molecular flexibility index (Phi) is 2.96. The van der Waals surface area contributed by atoms with E-state index >= 15 is 0 Å². The van der Waals surface area contributed by atoms with Crippen LogP contribution in [0.25, 0.3) is 0 Å². The van der Waals surface area contributed by atoms with E-state index in [0.29, 0.717) is 0 Å². The van der Waals surface area contributed by atoms with Gasteiger partial charge in [0, 0.05) is 0 Å². The molecule has 0 amide bonds. The average Bonchev–Trinajstić information content (AvgIpc) is 2.10. The van der Waals surface area contributed by atoms with Crippen LogP contribution in [0, 0.1) is 0 Å². The van der Waals surface area contributed by atoms with Crippen LogP contribution in [0.4, 0.5) is 0 Å². The van der Waals surface area contributed by atoms with Crippen molar-refractivity contribution in [2.45, 2.75) is 44.3 Å². The van der Waals surface area contributed by atoms with E-state index in [1.807, 2.05) is 12.2 Å². The summed E-state index contributed by atoms with van der Waals surface area (Å²) in [5, 5.41) is 0. The third kappa shape index (κ3) is 1.81. The van der Waals surface area contributed by atoms with Crippen LogP contribution in [0.2, 0.25) is 32.2 Å². The highest BCUT2D eigenvalue weighted by Crippen LogP contribution is 2.39. The maximum Gasteiger partial charge on any atom is 0.175 e. The van der Waals surface area contributed by atoms with E-state index in [0.717, 1.165) is 6.42 Å². The molecule has 80 valence electrons. The molecular weight excluding hydrogens is 204 g/mol. The molecule has 1 aliphatic rings. The van der Waals surface area contributed by atoms with Gasteiger partial charge >= 0.3 is 0 Å². The third-order valence-corrected chi connectivity index (χ3v) is 20.4. The van der Waals surface area contributed by atoms with Crippen LogP contribution >= 0.6 is 0 Å². The fourth-order valence-corrected chi connectivity index (χ4v) is 8.54. The van der Waals surface area contributed by atoms with Gasteiger partial charge in [0.05, 0.1) is 13.2 Å². The summed E-state index contributed by atoms with van der Waals surface area (Å²) in [6.07, 6.45) is 4.94. The molecule has 0 atom stereocenters. The van der Waals surface area contributed by atoms with E-state index in [9.17, 15) is 0 Å². The zero-order chi connectivity index (χ0) is 11.0. The predicted molar refractivity (Wildman–Crippen MR) is 68.6 cm³/mol. The lowest BCUT2D eigenvalue weighted by Gasteiger charge is -2.50. The van der Waals surface area contributed by atoms with Crippen LogP contribution < -0.4 is 0 Å². The van der Waals surface area contributed by atoms with Gasteiger partial charge in [0.25, 0.3) is 0 Å². The molecule has 0 saturated carbocycles. The summed E-state index contributed by atoms with van der Waals surface area (Å²) in [7, 11) is -2.62. The smallest absolute Gasteiger partial charge is 0.175 e. The standard InChI is InChI=1S/C11H22OSi2/c1-7-11(8-2)9-10-13(3,4)14(5,6)12-11/h7-8H,1-2,9-10H2,3-6H3. The quantitative estimate of drug-likeness (QED) is 0.517. The molecule has 1 aliphatic heterocycles. The molecular formula is C11H22OSi2. The van der Waals surface area contributed by atoms with Gasteiger partial charge in [0.1, 0.15) is 0 Å². The minimum atomic E-state index is -1.50. The van der Waals surface area contributed by atoms with Crippen molar-refractivity contribution >= 4 is 15.4 Å². The van der Waals surface area contributed by atoms with Gasteiger partial charge in [-0.3, -0.25) is 0 Å². The van der Waals surface area contributed by atoms with E-state index in [4.69, 9.17) is 4.43 Å². The lowest BCUT2D eigenvalue weighted by molar-refractivity contribution is 0.155. The molecule has 0 aromatic rings. The van der Waals surface area contributed by atoms with E-state index < -0.39 is 15.4 Å². The molecule has 0 aromatic heterocycles. The Hall–Kier alpha value is -0.126. The minimum Gasteiger partial charge on any atom is -0.408 e. The Morgan fingerprint density at radius 2 is 1.64 bits per heavy atom. The van der Waals surface area contributed by atoms with Gasteiger partial charge < -0.3 is 4.43 Å². The zero-order valence-corrected chi connectivity index (χ0v) is 11.9. The third-order valence-electron chi connectivity index (χ3n) is 3.91. The SMILES string of the molecule is C=CC1(C=C)CC[Si](C)(C)[Si](C)(C)O1. The first-order valence-electron chi connectivity index (χ1n) is 5.26. The van der Waals surface area contributed by atoms with Gasteiger partial charge in [-0.1, -0.05) is 44.4 Å². The maximum atomic E-state index is 6.34. The van der Waals surface area contributed by atoms with Crippen LogP contribution in [0.15, 0.2) is 25.3 Å². The predicted octanol–water partition coefficient (Wildman–Crippen LogP) is 3.51. The topological polar surface area (TPSA) is 9.23 Å². The van der Waals surface area contributed by atoms with E-state index in [2.05, 4.69) is 39.3 Å². The first kappa shape index (κ1) is 11.9. The normalized spacial score (nSPS) is 28.0. The van der Waals surface area contributed by atoms with E-state index in [-0.39, 0.29) is 5.60 Å². The summed E-state index contributed by atoms with van der Waals surface area (Å²) >= 11 is 0. The zero-order valence-electron chi connectivity index (χ0n) is 9.89. The van der Waals surface area contributed by atoms with E-state index in [1.54, 1.807) is 0 Å². The van der Waals surface area contributed by atoms with Crippen LogP contribution in [0.1, 0.15) is 6.42 Å². The van der Waals surface area contributed by atoms with Crippen molar-refractivity contribution in [2.75, 3.05) is 0 Å². The van der Waals surface area contributed by atoms with Crippen molar-refractivity contribution < 1.29 is 4.43 Å². The fourth-order valence-electron chi connectivity index (χ4n) is 1.84. The van der Waals surface area contributed by atoms with Crippen LogP contribution in [0.3, 0.4) is 0 Å². The highest BCUT2D eigenvalue weighted by molar-refractivity contribution is 7.38. The highest BCUT2D eigenvalue weighted by atomic mass is 29.3. The van der Waals surface area contributed by atoms with Gasteiger partial charge in [-0.25, -0.2) is 0 Å². The van der Waals surface area contributed by atoms with Gasteiger partial charge in [-0.15, -0.1) is 0 Å². The van der Waals surface area contributed by atoms with Crippen molar-refractivity contribution in [2.24, 2.45) is 0 Å². The first-order chi connectivity index (χ1) is 6.29. The van der Waals surface area contributed by atoms with Crippen molar-refractivity contribution in [1.82, 2.24) is 0 Å². The van der Waals surface area contributed by atoms with Crippen molar-refractivity contribution in [3.63, 3.8) is 0 Å². The number of rotatable bonds is 2. The van der Waals surface area contributed by atoms with Gasteiger partial charge in [0.15, 0.2) is 7.83 Å². The molecule has 0 unspecified atom stereocenters. The molecule has 0 N–H and O–H groups in total. The second kappa shape index (κ2) is 3.47. The van der Waals surface area contributed by atoms with Crippen molar-refractivity contribution in [1.29, 1.82) is 0 Å². The lowest BCUT2D eigenvalue weighted by Crippen LogP contribution is -2.64. The van der Waals surface area contributed by atoms with Gasteiger partial charge in [-0.05, 0) is 19.5 Å². The van der Waals surface area contributed by atoms with Crippen LogP contribution in [-0.4, -0.2) is 21.0 Å². The number of hydrogen-bond acceptors (Lipinski definition) is 1. The summed E-state index contributed by atoms with van der Waals surface area (Å²) in [6.45, 7) is 17.4. The molecule has 1 nitrogen and oxygen atoms in total. The Balaban J connectivity index is 2.97. The maximum absolute atomic E-state index is 6.34. The highest BCUT2D eigenvalue weighted by Gasteiger charge is 2.51. The molecule has 0 bridgehead atoms. The minimum absolute atomic E-state index is 0.224. The molecule has 3 heteroatoms. The lowest BCUT2D eigenvalue weighted by atomic mass is 10.0. The molecule has 0 aromatic carbocycles. The molecule has 14 heavy (non-hydrogen) atoms. The summed E-state index contributed by atoms with van der Waals surface area (Å²) in [5.74, 6) is 0. The Bertz CT molecular complexity index is 248. The summed E-state index contributed by atoms with van der Waals surface area (Å²) < 4.78 is 6.34. The average molecular weight is 226 g/mol. The van der Waals surface area contributed by atoms with Crippen molar-refractivity contribution in [3.8, 4) is 0 Å². The molecule has 1 rings (SSSR count). The number of hydrogen-bond donors (Lipinski definition) is 0. The second-order valence-electron chi connectivity index (χ2n) is 5.36. The fraction of sp³-hybridized carbons (Fsp3) is 0.636. The molecule has 1 heterocycles. The van der Waals surface area contributed by atoms with Crippen molar-refractivity contribution in [3.05, 3.63) is 25.3 Å². The monoisotopic (exact) mass is 226 g/mol. The van der Waals surface area contributed by atoms with Crippen LogP contribution in [-0.2, 0) is 4.43 Å².